The van der Waals surface area contributed by atoms with Gasteiger partial charge in [-0.2, -0.15) is 19.0 Å². The molecular weight excluding hydrogens is 486 g/mol. The fraction of sp³-hybridized carbons (Fsp3) is 0.227. The van der Waals surface area contributed by atoms with Crippen LogP contribution >= 0.6 is 0 Å². The van der Waals surface area contributed by atoms with Crippen molar-refractivity contribution in [2.75, 3.05) is 19.4 Å². The van der Waals surface area contributed by atoms with Gasteiger partial charge in [0.1, 0.15) is 17.2 Å². The molecular formula is C22H19F4N7O3. The van der Waals surface area contributed by atoms with E-state index >= 15 is 0 Å². The van der Waals surface area contributed by atoms with E-state index in [-0.39, 0.29) is 28.2 Å². The highest BCUT2D eigenvalue weighted by molar-refractivity contribution is 6.08. The summed E-state index contributed by atoms with van der Waals surface area (Å²) in [4.78, 5) is 31.5. The molecule has 2 N–H and O–H groups in total. The molecule has 4 rings (SSSR count). The third-order valence-corrected chi connectivity index (χ3v) is 5.23. The lowest BCUT2D eigenvalue weighted by atomic mass is 9.91. The van der Waals surface area contributed by atoms with Crippen molar-refractivity contribution in [2.45, 2.75) is 19.0 Å². The molecule has 10 nitrogen and oxygen atoms in total. The molecule has 0 radical (unpaired) electrons. The highest BCUT2D eigenvalue weighted by atomic mass is 19.3. The normalized spacial score (nSPS) is 12.2. The van der Waals surface area contributed by atoms with Gasteiger partial charge in [-0.1, -0.05) is 0 Å². The second kappa shape index (κ2) is 10.0. The number of nitrogens with zero attached hydrogens (tertiary/aromatic N) is 5. The topological polar surface area (TPSA) is 118 Å². The number of rotatable bonds is 8. The molecule has 3 heterocycles. The Morgan fingerprint density at radius 3 is 2.64 bits per heavy atom. The second-order valence-corrected chi connectivity index (χ2v) is 7.74. The number of aromatic nitrogens is 5. The average molecular weight is 505 g/mol. The summed E-state index contributed by atoms with van der Waals surface area (Å²) in [7, 11) is 2.80. The van der Waals surface area contributed by atoms with Crippen molar-refractivity contribution >= 4 is 23.1 Å². The maximum Gasteiger partial charge on any atom is 0.387 e. The molecule has 0 fully saturated rings. The average Bonchev–Trinajstić information content (AvgIpc) is 3.46. The van der Waals surface area contributed by atoms with Gasteiger partial charge in [-0.15, -0.1) is 0 Å². The summed E-state index contributed by atoms with van der Waals surface area (Å²) < 4.78 is 59.1. The Bertz CT molecular complexity index is 1400. The first-order chi connectivity index (χ1) is 17.2. The van der Waals surface area contributed by atoms with E-state index < -0.39 is 42.1 Å². The fourth-order valence-electron chi connectivity index (χ4n) is 3.59. The number of halogens is 4. The summed E-state index contributed by atoms with van der Waals surface area (Å²) in [6.07, 6.45) is 2.62. The molecule has 14 heteroatoms. The van der Waals surface area contributed by atoms with Gasteiger partial charge in [0.2, 0.25) is 5.91 Å². The Morgan fingerprint density at radius 1 is 1.17 bits per heavy atom. The van der Waals surface area contributed by atoms with Crippen molar-refractivity contribution in [1.29, 1.82) is 0 Å². The van der Waals surface area contributed by atoms with E-state index in [9.17, 15) is 27.2 Å². The van der Waals surface area contributed by atoms with Gasteiger partial charge in [0.05, 0.1) is 23.8 Å². The number of hydrogen-bond acceptors (Lipinski definition) is 6. The largest absolute Gasteiger partial charge is 0.435 e. The van der Waals surface area contributed by atoms with Crippen molar-refractivity contribution in [1.82, 2.24) is 29.7 Å². The monoisotopic (exact) mass is 505 g/mol. The van der Waals surface area contributed by atoms with Crippen LogP contribution in [0, 0.1) is 0 Å². The van der Waals surface area contributed by atoms with Crippen LogP contribution in [0.4, 0.5) is 23.2 Å². The molecule has 1 aromatic carbocycles. The maximum absolute atomic E-state index is 13.5. The van der Waals surface area contributed by atoms with Gasteiger partial charge >= 0.3 is 6.61 Å². The first kappa shape index (κ1) is 24.6. The van der Waals surface area contributed by atoms with E-state index in [4.69, 9.17) is 0 Å². The second-order valence-electron chi connectivity index (χ2n) is 7.74. The van der Waals surface area contributed by atoms with Crippen molar-refractivity contribution in [3.05, 3.63) is 71.4 Å². The van der Waals surface area contributed by atoms with Crippen molar-refractivity contribution in [3.63, 3.8) is 0 Å². The van der Waals surface area contributed by atoms with Crippen LogP contribution in [0.1, 0.15) is 39.5 Å². The first-order valence-electron chi connectivity index (χ1n) is 10.4. The summed E-state index contributed by atoms with van der Waals surface area (Å²) in [6, 6.07) is 4.41. The molecule has 0 bridgehead atoms. The number of likely N-dealkylation sites (N-methyl/N-ethyl adjacent to an activating group) is 1. The number of anilines is 1. The van der Waals surface area contributed by atoms with Crippen LogP contribution < -0.4 is 10.1 Å². The predicted molar refractivity (Wildman–Crippen MR) is 118 cm³/mol. The van der Waals surface area contributed by atoms with Crippen LogP contribution in [0.25, 0.3) is 5.65 Å². The van der Waals surface area contributed by atoms with E-state index in [1.807, 2.05) is 0 Å². The molecule has 0 aliphatic carbocycles. The Hall–Kier alpha value is -4.49. The highest BCUT2D eigenvalue weighted by Crippen LogP contribution is 2.38. The van der Waals surface area contributed by atoms with Gasteiger partial charge in [-0.05, 0) is 24.3 Å². The van der Waals surface area contributed by atoms with Crippen LogP contribution in [-0.4, -0.2) is 62.2 Å². The molecule has 0 saturated heterocycles. The predicted octanol–water partition coefficient (Wildman–Crippen LogP) is 3.46. The number of hydrogen-bond donors (Lipinski definition) is 2. The number of benzene rings is 1. The van der Waals surface area contributed by atoms with Gasteiger partial charge in [-0.3, -0.25) is 14.7 Å². The van der Waals surface area contributed by atoms with Gasteiger partial charge in [-0.25, -0.2) is 18.3 Å². The molecule has 0 saturated carbocycles. The van der Waals surface area contributed by atoms with Crippen molar-refractivity contribution in [3.8, 4) is 5.75 Å². The Morgan fingerprint density at radius 2 is 1.94 bits per heavy atom. The number of carbonyl (C=O) groups is 2. The standard InChI is InChI=1S/C22H19F4N7O3/c1-32(2)21(35)16(12-8-11(18(23)24)4-5-15(12)36-22(25)26)17-14(10-28-31-17)30-20(34)13-9-29-33-7-3-6-27-19(13)33/h3-10,16,18,22H,1-2H3,(H,28,31)(H,30,34). The molecule has 36 heavy (non-hydrogen) atoms. The Kier molecular flexibility index (Phi) is 6.85. The lowest BCUT2D eigenvalue weighted by molar-refractivity contribution is -0.129. The van der Waals surface area contributed by atoms with Gasteiger partial charge in [0, 0.05) is 37.6 Å². The van der Waals surface area contributed by atoms with E-state index in [0.717, 1.165) is 23.1 Å². The van der Waals surface area contributed by atoms with E-state index in [0.29, 0.717) is 0 Å². The molecule has 4 aromatic rings. The number of aromatic amines is 1. The summed E-state index contributed by atoms with van der Waals surface area (Å²) in [5.74, 6) is -3.24. The smallest absolute Gasteiger partial charge is 0.387 e. The lowest BCUT2D eigenvalue weighted by Crippen LogP contribution is -2.30. The number of amides is 2. The molecule has 1 unspecified atom stereocenters. The van der Waals surface area contributed by atoms with Crippen LogP contribution in [0.15, 0.2) is 49.1 Å². The summed E-state index contributed by atoms with van der Waals surface area (Å²) >= 11 is 0. The number of fused-ring (bicyclic) bond motifs is 1. The summed E-state index contributed by atoms with van der Waals surface area (Å²) in [5, 5.41) is 13.1. The third-order valence-electron chi connectivity index (χ3n) is 5.23. The molecule has 0 aliphatic heterocycles. The number of carbonyl (C=O) groups excluding carboxylic acids is 2. The first-order valence-corrected chi connectivity index (χ1v) is 10.4. The van der Waals surface area contributed by atoms with Gasteiger partial charge in [0.15, 0.2) is 5.65 Å². The quantitative estimate of drug-likeness (QED) is 0.354. The summed E-state index contributed by atoms with van der Waals surface area (Å²) in [6.45, 7) is -3.28. The molecule has 0 aliphatic rings. The molecule has 2 amide bonds. The van der Waals surface area contributed by atoms with Crippen LogP contribution in [0.5, 0.6) is 5.75 Å². The summed E-state index contributed by atoms with van der Waals surface area (Å²) in [5.41, 5.74) is -0.411. The zero-order valence-corrected chi connectivity index (χ0v) is 18.8. The fourth-order valence-corrected chi connectivity index (χ4v) is 3.59. The minimum absolute atomic E-state index is 0.0147. The third kappa shape index (κ3) is 4.82. The van der Waals surface area contributed by atoms with Crippen LogP contribution in [0.2, 0.25) is 0 Å². The lowest BCUT2D eigenvalue weighted by Gasteiger charge is -2.24. The zero-order chi connectivity index (χ0) is 26.0. The number of nitrogens with one attached hydrogen (secondary N) is 2. The number of alkyl halides is 4. The van der Waals surface area contributed by atoms with Crippen LogP contribution in [0.3, 0.4) is 0 Å². The minimum Gasteiger partial charge on any atom is -0.435 e. The molecule has 0 spiro atoms. The Balaban J connectivity index is 1.79. The zero-order valence-electron chi connectivity index (χ0n) is 18.8. The molecule has 3 aromatic heterocycles. The number of H-pyrrole nitrogens is 1. The van der Waals surface area contributed by atoms with Gasteiger partial charge < -0.3 is 15.0 Å². The van der Waals surface area contributed by atoms with E-state index in [2.05, 4.69) is 30.3 Å². The van der Waals surface area contributed by atoms with Gasteiger partial charge in [0.25, 0.3) is 12.3 Å². The van der Waals surface area contributed by atoms with E-state index in [1.165, 1.54) is 37.2 Å². The molecule has 188 valence electrons. The number of ether oxygens (including phenoxy) is 1. The maximum atomic E-state index is 13.5. The molecule has 1 atom stereocenters. The minimum atomic E-state index is -3.28. The SMILES string of the molecule is CN(C)C(=O)C(c1cc(C(F)F)ccc1OC(F)F)c1[nH]ncc1NC(=O)c1cnn2cccnc12. The highest BCUT2D eigenvalue weighted by Gasteiger charge is 2.33. The van der Waals surface area contributed by atoms with Crippen molar-refractivity contribution < 1.29 is 31.9 Å². The van der Waals surface area contributed by atoms with Crippen LogP contribution in [-0.2, 0) is 4.79 Å². The van der Waals surface area contributed by atoms with Crippen molar-refractivity contribution in [2.24, 2.45) is 0 Å². The van der Waals surface area contributed by atoms with E-state index in [1.54, 1.807) is 12.3 Å². The Labute approximate surface area is 200 Å².